The van der Waals surface area contributed by atoms with Gasteiger partial charge in [0.1, 0.15) is 29.9 Å². The van der Waals surface area contributed by atoms with E-state index in [9.17, 15) is 25.1 Å². The number of ether oxygens (including phenoxy) is 4. The van der Waals surface area contributed by atoms with E-state index in [0.29, 0.717) is 42.9 Å². The number of nitro benzene ring substituents is 1. The Balaban J connectivity index is 1.23. The number of oxime groups is 1. The molecule has 0 spiro atoms. The first kappa shape index (κ1) is 52.0. The fraction of sp³-hybridized carbons (Fsp3) is 0.317. The Morgan fingerprint density at radius 1 is 0.827 bits per heavy atom. The van der Waals surface area contributed by atoms with Crippen LogP contribution in [0.1, 0.15) is 73.1 Å². The van der Waals surface area contributed by atoms with Gasteiger partial charge in [0.25, 0.3) is 5.69 Å². The second-order valence-electron chi connectivity index (χ2n) is 19.1. The van der Waals surface area contributed by atoms with Crippen molar-refractivity contribution in [3.63, 3.8) is 0 Å². The number of allylic oxidation sites excluding steroid dienone is 1. The molecule has 9 rings (SSSR count). The van der Waals surface area contributed by atoms with Gasteiger partial charge in [0.05, 0.1) is 29.7 Å². The molecule has 75 heavy (non-hydrogen) atoms. The van der Waals surface area contributed by atoms with Gasteiger partial charge in [-0.3, -0.25) is 15.0 Å². The summed E-state index contributed by atoms with van der Waals surface area (Å²) in [5.41, 5.74) is 4.59. The number of carbonyl (C=O) groups is 2. The average molecular weight is 1020 g/mol. The van der Waals surface area contributed by atoms with Crippen LogP contribution < -0.4 is 19.5 Å². The number of amides is 2. The SMILES string of the molecule is C=CCO[C@@]12Oc3ccc(OC(=O)NCc4ccccc4)cc3[C@H]3[C@H](CCCCO)[C@@H](CCCCO)C=C(C(=NOCc4ccccc4)C[C@@H]1N(Cc1cccc4ccccc14)C(=O)Oc1ccc([N+](=O)[O-])cc1)[C@H]32. The van der Waals surface area contributed by atoms with Crippen LogP contribution in [0.15, 0.2) is 175 Å². The maximum atomic E-state index is 15.4. The van der Waals surface area contributed by atoms with Gasteiger partial charge in [-0.25, -0.2) is 9.59 Å². The number of carbonyl (C=O) groups excluding carboxylic acids is 2. The van der Waals surface area contributed by atoms with Crippen LogP contribution >= 0.6 is 0 Å². The molecule has 1 fully saturated rings. The predicted molar refractivity (Wildman–Crippen MR) is 284 cm³/mol. The number of non-ortho nitro benzene ring substituents is 1. The van der Waals surface area contributed by atoms with E-state index in [2.05, 4.69) is 18.0 Å². The lowest BCUT2D eigenvalue weighted by Crippen LogP contribution is -2.70. The highest BCUT2D eigenvalue weighted by Crippen LogP contribution is 2.62. The van der Waals surface area contributed by atoms with E-state index >= 15 is 4.79 Å². The predicted octanol–water partition coefficient (Wildman–Crippen LogP) is 11.6. The molecule has 1 saturated carbocycles. The van der Waals surface area contributed by atoms with E-state index in [1.165, 1.54) is 24.3 Å². The van der Waals surface area contributed by atoms with E-state index in [1.807, 2.05) is 109 Å². The minimum atomic E-state index is -1.67. The lowest BCUT2D eigenvalue weighted by molar-refractivity contribution is -0.384. The molecule has 3 aliphatic rings. The topological polar surface area (TPSA) is 192 Å². The van der Waals surface area contributed by atoms with Crippen molar-refractivity contribution in [2.75, 3.05) is 19.8 Å². The van der Waals surface area contributed by atoms with Crippen molar-refractivity contribution >= 4 is 34.4 Å². The largest absolute Gasteiger partial charge is 0.459 e. The van der Waals surface area contributed by atoms with Crippen molar-refractivity contribution in [2.24, 2.45) is 22.9 Å². The van der Waals surface area contributed by atoms with Crippen LogP contribution in [0.5, 0.6) is 17.2 Å². The van der Waals surface area contributed by atoms with Crippen LogP contribution in [0, 0.1) is 27.9 Å². The average Bonchev–Trinajstić information content (AvgIpc) is 3.46. The molecule has 388 valence electrons. The summed E-state index contributed by atoms with van der Waals surface area (Å²) in [6.45, 7) is 4.55. The summed E-state index contributed by atoms with van der Waals surface area (Å²) in [6, 6.07) is 42.7. The molecule has 0 radical (unpaired) electrons. The van der Waals surface area contributed by atoms with Gasteiger partial charge >= 0.3 is 12.2 Å². The molecular weight excluding hydrogens is 953 g/mol. The second-order valence-corrected chi connectivity index (χ2v) is 19.1. The van der Waals surface area contributed by atoms with E-state index in [-0.39, 0.29) is 69.2 Å². The van der Waals surface area contributed by atoms with Gasteiger partial charge in [-0.15, -0.1) is 6.58 Å². The molecule has 0 unspecified atom stereocenters. The molecular formula is C60H62N4O11. The van der Waals surface area contributed by atoms with Crippen molar-refractivity contribution in [1.29, 1.82) is 0 Å². The van der Waals surface area contributed by atoms with Crippen LogP contribution in [0.2, 0.25) is 0 Å². The van der Waals surface area contributed by atoms with Crippen LogP contribution in [-0.4, -0.2) is 69.6 Å². The number of aliphatic hydroxyl groups is 2. The highest BCUT2D eigenvalue weighted by atomic mass is 16.7. The van der Waals surface area contributed by atoms with Gasteiger partial charge in [0, 0.05) is 49.8 Å². The molecule has 3 N–H and O–H groups in total. The fourth-order valence-corrected chi connectivity index (χ4v) is 11.1. The first-order valence-electron chi connectivity index (χ1n) is 25.6. The minimum absolute atomic E-state index is 0.0103. The van der Waals surface area contributed by atoms with Crippen molar-refractivity contribution < 1.29 is 48.5 Å². The zero-order valence-corrected chi connectivity index (χ0v) is 41.7. The summed E-state index contributed by atoms with van der Waals surface area (Å²) in [5, 5.41) is 41.6. The third kappa shape index (κ3) is 11.9. The highest BCUT2D eigenvalue weighted by molar-refractivity contribution is 6.03. The van der Waals surface area contributed by atoms with E-state index in [0.717, 1.165) is 51.4 Å². The van der Waals surface area contributed by atoms with Crippen molar-refractivity contribution in [1.82, 2.24) is 10.2 Å². The number of rotatable bonds is 22. The number of hydrogen-bond donors (Lipinski definition) is 3. The van der Waals surface area contributed by atoms with Gasteiger partial charge in [0.15, 0.2) is 0 Å². The number of nitrogens with one attached hydrogen (secondary N) is 1. The Hall–Kier alpha value is -7.85. The van der Waals surface area contributed by atoms with Gasteiger partial charge in [0.2, 0.25) is 5.79 Å². The number of hydrogen-bond acceptors (Lipinski definition) is 12. The number of unbranched alkanes of at least 4 members (excludes halogenated alkanes) is 2. The Morgan fingerprint density at radius 3 is 2.25 bits per heavy atom. The fourth-order valence-electron chi connectivity index (χ4n) is 11.1. The molecule has 2 aliphatic carbocycles. The molecule has 15 nitrogen and oxygen atoms in total. The van der Waals surface area contributed by atoms with Crippen LogP contribution in [0.4, 0.5) is 15.3 Å². The normalized spacial score (nSPS) is 20.9. The summed E-state index contributed by atoms with van der Waals surface area (Å²) in [4.78, 5) is 48.0. The molecule has 2 amide bonds. The standard InChI is InChI=1S/C60H62N4O11/c1-2-34-71-60-55(63(39-45-23-15-22-43-20-9-10-24-49(43)45)59(68)74-47-28-26-46(27-29-47)64(69)70)37-53(62-72-40-42-18-7-4-8-19-42)51-35-44(21-11-13-32-65)50(25-12-14-33-66)56(57(51)60)52-36-48(30-31-54(52)75-60)73-58(67)61-38-41-16-5-3-6-17-41/h2-10,15-20,22-24,26-31,35-36,44,50,55-57,65-66H,1,11-14,21,25,32-34,37-40H2,(H,61,67)/t44-,50+,55-,56+,57+,60+/m0/s1. The molecule has 0 aromatic heterocycles. The molecule has 0 saturated heterocycles. The molecule has 1 aliphatic heterocycles. The number of nitrogens with zero attached hydrogens (tertiary/aromatic N) is 3. The maximum absolute atomic E-state index is 15.4. The lowest BCUT2D eigenvalue weighted by atomic mass is 9.55. The zero-order chi connectivity index (χ0) is 52.2. The quantitative estimate of drug-likeness (QED) is 0.0254. The van der Waals surface area contributed by atoms with Gasteiger partial charge in [-0.2, -0.15) is 0 Å². The molecule has 15 heteroatoms. The van der Waals surface area contributed by atoms with Gasteiger partial charge in [-0.1, -0.05) is 133 Å². The smallest absolute Gasteiger partial charge is 0.416 e. The summed E-state index contributed by atoms with van der Waals surface area (Å²) in [7, 11) is 0. The molecule has 1 heterocycles. The summed E-state index contributed by atoms with van der Waals surface area (Å²) < 4.78 is 26.9. The first-order valence-corrected chi connectivity index (χ1v) is 25.6. The Labute approximate surface area is 436 Å². The molecule has 6 aromatic carbocycles. The number of benzene rings is 6. The Kier molecular flexibility index (Phi) is 17.0. The first-order chi connectivity index (χ1) is 36.7. The lowest BCUT2D eigenvalue weighted by Gasteiger charge is -2.59. The zero-order valence-electron chi connectivity index (χ0n) is 41.7. The third-order valence-corrected chi connectivity index (χ3v) is 14.5. The molecule has 0 bridgehead atoms. The molecule has 6 aromatic rings. The second kappa shape index (κ2) is 24.5. The van der Waals surface area contributed by atoms with E-state index in [1.54, 1.807) is 23.1 Å². The Morgan fingerprint density at radius 2 is 1.52 bits per heavy atom. The van der Waals surface area contributed by atoms with Gasteiger partial charge in [-0.05, 0) is 101 Å². The monoisotopic (exact) mass is 1010 g/mol. The maximum Gasteiger partial charge on any atom is 0.416 e. The number of aliphatic hydroxyl groups excluding tert-OH is 2. The van der Waals surface area contributed by atoms with Crippen LogP contribution in [-0.2, 0) is 29.3 Å². The third-order valence-electron chi connectivity index (χ3n) is 14.5. The highest BCUT2D eigenvalue weighted by Gasteiger charge is 2.66. The van der Waals surface area contributed by atoms with Crippen LogP contribution in [0.3, 0.4) is 0 Å². The Bertz CT molecular complexity index is 3000. The van der Waals surface area contributed by atoms with E-state index < -0.39 is 40.8 Å². The van der Waals surface area contributed by atoms with Crippen LogP contribution in [0.25, 0.3) is 10.8 Å². The number of nitro groups is 1. The van der Waals surface area contributed by atoms with Crippen molar-refractivity contribution in [3.05, 3.63) is 202 Å². The van der Waals surface area contributed by atoms with Crippen molar-refractivity contribution in [2.45, 2.75) is 82.4 Å². The van der Waals surface area contributed by atoms with E-state index in [4.69, 9.17) is 28.9 Å². The van der Waals surface area contributed by atoms with Gasteiger partial charge < -0.3 is 39.3 Å². The summed E-state index contributed by atoms with van der Waals surface area (Å²) in [6.07, 6.45) is 6.55. The summed E-state index contributed by atoms with van der Waals surface area (Å²) in [5.74, 6) is -2.14. The summed E-state index contributed by atoms with van der Waals surface area (Å²) >= 11 is 0. The number of fused-ring (bicyclic) bond motifs is 3. The molecule has 6 atom stereocenters. The van der Waals surface area contributed by atoms with Crippen molar-refractivity contribution in [3.8, 4) is 17.2 Å². The minimum Gasteiger partial charge on any atom is -0.459 e.